The molecule has 3 nitrogen and oxygen atoms in total. The Balaban J connectivity index is 1.86. The second-order valence-corrected chi connectivity index (χ2v) is 6.89. The van der Waals surface area contributed by atoms with Gasteiger partial charge in [0.2, 0.25) is 5.91 Å². The highest BCUT2D eigenvalue weighted by atomic mass is 19.4. The summed E-state index contributed by atoms with van der Waals surface area (Å²) in [5, 5.41) is 3.42. The molecule has 0 saturated carbocycles. The van der Waals surface area contributed by atoms with Gasteiger partial charge in [-0.25, -0.2) is 0 Å². The van der Waals surface area contributed by atoms with Crippen molar-refractivity contribution in [2.45, 2.75) is 46.0 Å². The van der Waals surface area contributed by atoms with Crippen molar-refractivity contribution in [3.05, 3.63) is 35.4 Å². The van der Waals surface area contributed by atoms with Crippen LogP contribution < -0.4 is 5.32 Å². The second kappa shape index (κ2) is 7.55. The van der Waals surface area contributed by atoms with Gasteiger partial charge in [-0.2, -0.15) is 13.2 Å². The normalized spacial score (nSPS) is 22.0. The van der Waals surface area contributed by atoms with Crippen molar-refractivity contribution in [1.29, 1.82) is 0 Å². The van der Waals surface area contributed by atoms with Crippen LogP contribution in [0.5, 0.6) is 0 Å². The Morgan fingerprint density at radius 1 is 1.29 bits per heavy atom. The third-order valence-electron chi connectivity index (χ3n) is 4.56. The summed E-state index contributed by atoms with van der Waals surface area (Å²) >= 11 is 0. The average molecular weight is 342 g/mol. The highest BCUT2D eigenvalue weighted by Gasteiger charge is 2.31. The van der Waals surface area contributed by atoms with Gasteiger partial charge in [-0.05, 0) is 30.0 Å². The first-order valence-corrected chi connectivity index (χ1v) is 8.36. The molecule has 1 aromatic carbocycles. The van der Waals surface area contributed by atoms with E-state index in [2.05, 4.69) is 12.2 Å². The SMILES string of the molecule is CC(C)C(=O)N1CC[C@H](NCc2ccc(C(F)(F)F)cc2)[C@H](C)C1. The van der Waals surface area contributed by atoms with Crippen LogP contribution >= 0.6 is 0 Å². The molecule has 2 atom stereocenters. The van der Waals surface area contributed by atoms with Gasteiger partial charge in [-0.15, -0.1) is 0 Å². The molecule has 1 heterocycles. The lowest BCUT2D eigenvalue weighted by molar-refractivity contribution is -0.138. The number of piperidine rings is 1. The topological polar surface area (TPSA) is 32.3 Å². The predicted octanol–water partition coefficient (Wildman–Crippen LogP) is 3.69. The molecule has 1 fully saturated rings. The molecule has 24 heavy (non-hydrogen) atoms. The van der Waals surface area contributed by atoms with Gasteiger partial charge < -0.3 is 10.2 Å². The first kappa shape index (κ1) is 18.8. The summed E-state index contributed by atoms with van der Waals surface area (Å²) in [4.78, 5) is 14.0. The smallest absolute Gasteiger partial charge is 0.342 e. The number of nitrogens with one attached hydrogen (secondary N) is 1. The number of benzene rings is 1. The minimum Gasteiger partial charge on any atom is -0.342 e. The lowest BCUT2D eigenvalue weighted by atomic mass is 9.92. The zero-order chi connectivity index (χ0) is 17.9. The van der Waals surface area contributed by atoms with Crippen molar-refractivity contribution in [3.63, 3.8) is 0 Å². The van der Waals surface area contributed by atoms with E-state index in [1.807, 2.05) is 18.7 Å². The molecule has 0 aromatic heterocycles. The Morgan fingerprint density at radius 2 is 1.92 bits per heavy atom. The Morgan fingerprint density at radius 3 is 2.42 bits per heavy atom. The highest BCUT2D eigenvalue weighted by Crippen LogP contribution is 2.29. The number of likely N-dealkylation sites (tertiary alicyclic amines) is 1. The molecule has 1 aromatic rings. The van der Waals surface area contributed by atoms with E-state index in [0.717, 1.165) is 37.2 Å². The van der Waals surface area contributed by atoms with Crippen molar-refractivity contribution in [2.24, 2.45) is 11.8 Å². The first-order valence-electron chi connectivity index (χ1n) is 8.36. The van der Waals surface area contributed by atoms with Crippen molar-refractivity contribution >= 4 is 5.91 Å². The number of carbonyl (C=O) groups excluding carboxylic acids is 1. The molecule has 1 amide bonds. The number of nitrogens with zero attached hydrogens (tertiary/aromatic N) is 1. The van der Waals surface area contributed by atoms with Crippen LogP contribution in [0.25, 0.3) is 0 Å². The summed E-state index contributed by atoms with van der Waals surface area (Å²) in [6.07, 6.45) is -3.43. The van der Waals surface area contributed by atoms with Gasteiger partial charge in [0.25, 0.3) is 0 Å². The minimum atomic E-state index is -4.30. The summed E-state index contributed by atoms with van der Waals surface area (Å²) < 4.78 is 37.7. The molecule has 1 aliphatic rings. The van der Waals surface area contributed by atoms with Gasteiger partial charge in [0.05, 0.1) is 5.56 Å². The fraction of sp³-hybridized carbons (Fsp3) is 0.611. The molecular formula is C18H25F3N2O. The largest absolute Gasteiger partial charge is 0.416 e. The van der Waals surface area contributed by atoms with Gasteiger partial charge in [-0.1, -0.05) is 32.9 Å². The summed E-state index contributed by atoms with van der Waals surface area (Å²) in [5.41, 5.74) is 0.205. The lowest BCUT2D eigenvalue weighted by Crippen LogP contribution is -2.50. The van der Waals surface area contributed by atoms with Gasteiger partial charge >= 0.3 is 6.18 Å². The maximum absolute atomic E-state index is 12.6. The fourth-order valence-electron chi connectivity index (χ4n) is 3.07. The highest BCUT2D eigenvalue weighted by molar-refractivity contribution is 5.78. The van der Waals surface area contributed by atoms with Gasteiger partial charge in [0.15, 0.2) is 0 Å². The molecule has 0 unspecified atom stereocenters. The molecule has 0 bridgehead atoms. The standard InChI is InChI=1S/C18H25F3N2O/c1-12(2)17(24)23-9-8-16(13(3)11-23)22-10-14-4-6-15(7-5-14)18(19,20)21/h4-7,12-13,16,22H,8-11H2,1-3H3/t13-,16+/m1/s1. The minimum absolute atomic E-state index is 0.00820. The summed E-state index contributed by atoms with van der Waals surface area (Å²) in [7, 11) is 0. The van der Waals surface area contributed by atoms with Crippen LogP contribution in [0.1, 0.15) is 38.3 Å². The molecular weight excluding hydrogens is 317 g/mol. The number of carbonyl (C=O) groups is 1. The molecule has 0 spiro atoms. The maximum atomic E-state index is 12.6. The third-order valence-corrected chi connectivity index (χ3v) is 4.56. The van der Waals surface area contributed by atoms with Crippen molar-refractivity contribution in [2.75, 3.05) is 13.1 Å². The van der Waals surface area contributed by atoms with E-state index < -0.39 is 11.7 Å². The van der Waals surface area contributed by atoms with E-state index >= 15 is 0 Å². The molecule has 1 aliphatic heterocycles. The molecule has 2 rings (SSSR count). The number of hydrogen-bond acceptors (Lipinski definition) is 2. The zero-order valence-electron chi connectivity index (χ0n) is 14.4. The predicted molar refractivity (Wildman–Crippen MR) is 87.3 cm³/mol. The number of amides is 1. The molecule has 0 aliphatic carbocycles. The van der Waals surface area contributed by atoms with Crippen molar-refractivity contribution in [3.8, 4) is 0 Å². The fourth-order valence-corrected chi connectivity index (χ4v) is 3.07. The maximum Gasteiger partial charge on any atom is 0.416 e. The van der Waals surface area contributed by atoms with E-state index in [9.17, 15) is 18.0 Å². The monoisotopic (exact) mass is 342 g/mol. The third kappa shape index (κ3) is 4.72. The molecule has 134 valence electrons. The Hall–Kier alpha value is -1.56. The zero-order valence-corrected chi connectivity index (χ0v) is 14.4. The van der Waals surface area contributed by atoms with E-state index in [1.54, 1.807) is 0 Å². The van der Waals surface area contributed by atoms with Gasteiger partial charge in [0.1, 0.15) is 0 Å². The quantitative estimate of drug-likeness (QED) is 0.905. The van der Waals surface area contributed by atoms with Gasteiger partial charge in [0, 0.05) is 31.6 Å². The van der Waals surface area contributed by atoms with E-state index in [-0.39, 0.29) is 17.9 Å². The van der Waals surface area contributed by atoms with Crippen LogP contribution in [-0.4, -0.2) is 29.9 Å². The van der Waals surface area contributed by atoms with Crippen LogP contribution in [0.4, 0.5) is 13.2 Å². The van der Waals surface area contributed by atoms with E-state index in [0.29, 0.717) is 12.5 Å². The van der Waals surface area contributed by atoms with Crippen LogP contribution in [0.15, 0.2) is 24.3 Å². The van der Waals surface area contributed by atoms with Crippen molar-refractivity contribution in [1.82, 2.24) is 10.2 Å². The van der Waals surface area contributed by atoms with Crippen LogP contribution in [-0.2, 0) is 17.5 Å². The van der Waals surface area contributed by atoms with Crippen molar-refractivity contribution < 1.29 is 18.0 Å². The summed E-state index contributed by atoms with van der Waals surface area (Å²) in [6, 6.07) is 5.52. The van der Waals surface area contributed by atoms with Crippen LogP contribution in [0, 0.1) is 11.8 Å². The van der Waals surface area contributed by atoms with E-state index in [4.69, 9.17) is 0 Å². The number of hydrogen-bond donors (Lipinski definition) is 1. The Labute approximate surface area is 141 Å². The molecule has 6 heteroatoms. The van der Waals surface area contributed by atoms with Gasteiger partial charge in [-0.3, -0.25) is 4.79 Å². The van der Waals surface area contributed by atoms with Crippen LogP contribution in [0.3, 0.4) is 0 Å². The Kier molecular flexibility index (Phi) is 5.91. The molecule has 0 radical (unpaired) electrons. The Bertz CT molecular complexity index is 554. The molecule has 1 saturated heterocycles. The first-order chi connectivity index (χ1) is 11.2. The second-order valence-electron chi connectivity index (χ2n) is 6.89. The summed E-state index contributed by atoms with van der Waals surface area (Å²) in [6.45, 7) is 7.90. The molecule has 1 N–H and O–H groups in total. The number of rotatable bonds is 4. The summed E-state index contributed by atoms with van der Waals surface area (Å²) in [5.74, 6) is 0.507. The lowest BCUT2D eigenvalue weighted by Gasteiger charge is -2.38. The number of alkyl halides is 3. The van der Waals surface area contributed by atoms with E-state index in [1.165, 1.54) is 12.1 Å². The number of halogens is 3. The average Bonchev–Trinajstić information content (AvgIpc) is 2.52. The van der Waals surface area contributed by atoms with Crippen LogP contribution in [0.2, 0.25) is 0 Å².